The van der Waals surface area contributed by atoms with Gasteiger partial charge >= 0.3 is 5.97 Å². The molecule has 0 amide bonds. The third kappa shape index (κ3) is 3.72. The van der Waals surface area contributed by atoms with Gasteiger partial charge in [-0.15, -0.1) is 0 Å². The summed E-state index contributed by atoms with van der Waals surface area (Å²) in [6.45, 7) is 1.50. The molecule has 0 N–H and O–H groups in total. The zero-order chi connectivity index (χ0) is 20.8. The third-order valence-corrected chi connectivity index (χ3v) is 10.4. The molecule has 4 aromatic carbocycles. The molecular formula is C27H24O2Si. The fourth-order valence-corrected chi connectivity index (χ4v) is 9.36. The molecule has 0 heterocycles. The van der Waals surface area contributed by atoms with Gasteiger partial charge in [0.25, 0.3) is 0 Å². The second kappa shape index (κ2) is 8.93. The Morgan fingerprint density at radius 2 is 0.933 bits per heavy atom. The van der Waals surface area contributed by atoms with Gasteiger partial charge in [0.1, 0.15) is 5.73 Å². The smallest absolute Gasteiger partial charge is 0.302 e. The predicted octanol–water partition coefficient (Wildman–Crippen LogP) is 4.00. The first-order valence-electron chi connectivity index (χ1n) is 10.1. The van der Waals surface area contributed by atoms with Gasteiger partial charge in [-0.2, -0.15) is 0 Å². The highest BCUT2D eigenvalue weighted by Crippen LogP contribution is 2.29. The maximum Gasteiger partial charge on any atom is 0.302 e. The van der Waals surface area contributed by atoms with Gasteiger partial charge in [0.2, 0.25) is 0 Å². The highest BCUT2D eigenvalue weighted by molar-refractivity contribution is 7.12. The van der Waals surface area contributed by atoms with E-state index in [0.717, 1.165) is 5.56 Å². The highest BCUT2D eigenvalue weighted by Gasteiger charge is 2.49. The van der Waals surface area contributed by atoms with E-state index in [1.165, 1.54) is 22.5 Å². The molecule has 4 aromatic rings. The normalized spacial score (nSPS) is 12.2. The third-order valence-electron chi connectivity index (χ3n) is 5.47. The van der Waals surface area contributed by atoms with E-state index in [4.69, 9.17) is 4.74 Å². The van der Waals surface area contributed by atoms with E-state index in [1.807, 2.05) is 36.4 Å². The number of hydrogen-bond donors (Lipinski definition) is 0. The molecular weight excluding hydrogens is 384 g/mol. The molecule has 0 aliphatic heterocycles. The van der Waals surface area contributed by atoms with Crippen LogP contribution in [0.3, 0.4) is 0 Å². The lowest BCUT2D eigenvalue weighted by molar-refractivity contribution is -0.143. The van der Waals surface area contributed by atoms with E-state index in [1.54, 1.807) is 0 Å². The van der Waals surface area contributed by atoms with E-state index >= 15 is 0 Å². The Hall–Kier alpha value is -3.43. The van der Waals surface area contributed by atoms with Crippen LogP contribution in [0.5, 0.6) is 0 Å². The van der Waals surface area contributed by atoms with Crippen LogP contribution in [0, 0.1) is 0 Å². The van der Waals surface area contributed by atoms with Gasteiger partial charge in [0, 0.05) is 6.92 Å². The van der Waals surface area contributed by atoms with Crippen molar-refractivity contribution < 1.29 is 9.53 Å². The molecule has 0 saturated heterocycles. The zero-order valence-corrected chi connectivity index (χ0v) is 17.9. The summed E-state index contributed by atoms with van der Waals surface area (Å²) in [5, 5.41) is 3.62. The standard InChI is InChI=1S/C27H24O2Si/c1-22(28)29-27(23-14-6-2-7-15-23)30(24-16-8-3-9-17-24,25-18-10-4-11-19-25)26-20-12-5-13-21-26/h2-21,27H,1H3/t27-/m1/s1. The zero-order valence-electron chi connectivity index (χ0n) is 16.9. The molecule has 0 unspecified atom stereocenters. The van der Waals surface area contributed by atoms with Crippen LogP contribution in [0.25, 0.3) is 0 Å². The number of carbonyl (C=O) groups is 1. The van der Waals surface area contributed by atoms with E-state index in [9.17, 15) is 4.79 Å². The molecule has 4 rings (SSSR count). The lowest BCUT2D eigenvalue weighted by atomic mass is 10.2. The van der Waals surface area contributed by atoms with E-state index in [-0.39, 0.29) is 5.97 Å². The van der Waals surface area contributed by atoms with Gasteiger partial charge < -0.3 is 4.74 Å². The second-order valence-electron chi connectivity index (χ2n) is 7.31. The van der Waals surface area contributed by atoms with Crippen LogP contribution >= 0.6 is 0 Å². The van der Waals surface area contributed by atoms with Gasteiger partial charge in [0.15, 0.2) is 8.07 Å². The minimum Gasteiger partial charge on any atom is -0.460 e. The molecule has 2 nitrogen and oxygen atoms in total. The minimum atomic E-state index is -2.80. The Morgan fingerprint density at radius 3 is 1.27 bits per heavy atom. The summed E-state index contributed by atoms with van der Waals surface area (Å²) in [6.07, 6.45) is 0. The van der Waals surface area contributed by atoms with Crippen molar-refractivity contribution in [3.63, 3.8) is 0 Å². The maximum atomic E-state index is 12.4. The number of benzene rings is 4. The van der Waals surface area contributed by atoms with Crippen LogP contribution < -0.4 is 15.6 Å². The van der Waals surface area contributed by atoms with Crippen molar-refractivity contribution in [1.29, 1.82) is 0 Å². The second-order valence-corrected chi connectivity index (χ2v) is 11.2. The number of carbonyl (C=O) groups excluding carboxylic acids is 1. The molecule has 1 atom stereocenters. The van der Waals surface area contributed by atoms with Crippen LogP contribution in [0.4, 0.5) is 0 Å². The van der Waals surface area contributed by atoms with Crippen molar-refractivity contribution >= 4 is 29.6 Å². The topological polar surface area (TPSA) is 26.3 Å². The predicted molar refractivity (Wildman–Crippen MR) is 125 cm³/mol. The van der Waals surface area contributed by atoms with Crippen LogP contribution in [0.2, 0.25) is 0 Å². The van der Waals surface area contributed by atoms with Gasteiger partial charge in [0.05, 0.1) is 0 Å². The molecule has 0 aromatic heterocycles. The number of ether oxygens (including phenoxy) is 1. The molecule has 0 fully saturated rings. The van der Waals surface area contributed by atoms with E-state index < -0.39 is 13.8 Å². The summed E-state index contributed by atoms with van der Waals surface area (Å²) < 4.78 is 6.19. The molecule has 148 valence electrons. The average molecular weight is 409 g/mol. The Bertz CT molecular complexity index is 984. The van der Waals surface area contributed by atoms with Crippen LogP contribution in [-0.4, -0.2) is 14.0 Å². The van der Waals surface area contributed by atoms with Crippen LogP contribution in [-0.2, 0) is 9.53 Å². The molecule has 3 heteroatoms. The Morgan fingerprint density at radius 1 is 0.600 bits per heavy atom. The Labute approximate surface area is 178 Å². The summed E-state index contributed by atoms with van der Waals surface area (Å²) in [5.74, 6) is -0.275. The minimum absolute atomic E-state index is 0.275. The van der Waals surface area contributed by atoms with Gasteiger partial charge in [-0.25, -0.2) is 0 Å². The van der Waals surface area contributed by atoms with Crippen molar-refractivity contribution in [1.82, 2.24) is 0 Å². The number of hydrogen-bond acceptors (Lipinski definition) is 2. The Balaban J connectivity index is 2.12. The summed E-state index contributed by atoms with van der Waals surface area (Å²) in [6, 6.07) is 41.7. The maximum absolute atomic E-state index is 12.4. The van der Waals surface area contributed by atoms with Crippen LogP contribution in [0.15, 0.2) is 121 Å². The molecule has 0 bridgehead atoms. The fourth-order valence-electron chi connectivity index (χ4n) is 4.26. The summed E-state index contributed by atoms with van der Waals surface area (Å²) >= 11 is 0. The fraction of sp³-hybridized carbons (Fsp3) is 0.0741. The lowest BCUT2D eigenvalue weighted by Gasteiger charge is -2.40. The van der Waals surface area contributed by atoms with Crippen molar-refractivity contribution in [2.24, 2.45) is 0 Å². The largest absolute Gasteiger partial charge is 0.460 e. The van der Waals surface area contributed by atoms with Gasteiger partial charge in [-0.3, -0.25) is 4.79 Å². The molecule has 0 saturated carbocycles. The number of rotatable bonds is 6. The van der Waals surface area contributed by atoms with Crippen LogP contribution in [0.1, 0.15) is 18.2 Å². The van der Waals surface area contributed by atoms with E-state index in [2.05, 4.69) is 84.9 Å². The highest BCUT2D eigenvalue weighted by atomic mass is 28.3. The van der Waals surface area contributed by atoms with Gasteiger partial charge in [-0.1, -0.05) is 121 Å². The van der Waals surface area contributed by atoms with Crippen molar-refractivity contribution in [3.8, 4) is 0 Å². The molecule has 0 aliphatic carbocycles. The van der Waals surface area contributed by atoms with Crippen molar-refractivity contribution in [2.75, 3.05) is 0 Å². The molecule has 0 spiro atoms. The monoisotopic (exact) mass is 408 g/mol. The first-order chi connectivity index (χ1) is 14.7. The SMILES string of the molecule is CC(=O)O[C@@H](c1ccccc1)[Si](c1ccccc1)(c1ccccc1)c1ccccc1. The summed E-state index contributed by atoms with van der Waals surface area (Å²) in [7, 11) is -2.80. The number of esters is 1. The molecule has 30 heavy (non-hydrogen) atoms. The molecule has 0 radical (unpaired) electrons. The van der Waals surface area contributed by atoms with Gasteiger partial charge in [-0.05, 0) is 21.1 Å². The van der Waals surface area contributed by atoms with Crippen molar-refractivity contribution in [2.45, 2.75) is 12.7 Å². The molecule has 0 aliphatic rings. The lowest BCUT2D eigenvalue weighted by Crippen LogP contribution is -2.71. The van der Waals surface area contributed by atoms with Crippen molar-refractivity contribution in [3.05, 3.63) is 127 Å². The first-order valence-corrected chi connectivity index (χ1v) is 12.2. The summed E-state index contributed by atoms with van der Waals surface area (Å²) in [5.41, 5.74) is 0.610. The Kier molecular flexibility index (Phi) is 5.91. The quantitative estimate of drug-likeness (QED) is 0.274. The summed E-state index contributed by atoms with van der Waals surface area (Å²) in [4.78, 5) is 12.4. The van der Waals surface area contributed by atoms with E-state index in [0.29, 0.717) is 0 Å². The first kappa shape index (κ1) is 19.9. The average Bonchev–Trinajstić information content (AvgIpc) is 2.81.